The minimum atomic E-state index is -2.66. The van der Waals surface area contributed by atoms with Gasteiger partial charge in [-0.15, -0.1) is 11.3 Å². The number of aromatic nitrogens is 4. The van der Waals surface area contributed by atoms with Crippen molar-refractivity contribution in [3.63, 3.8) is 0 Å². The number of pyridine rings is 1. The number of hydrogen-bond acceptors (Lipinski definition) is 7. The minimum absolute atomic E-state index is 0.0500. The molecule has 33 heavy (non-hydrogen) atoms. The summed E-state index contributed by atoms with van der Waals surface area (Å²) >= 11 is 1.61. The van der Waals surface area contributed by atoms with E-state index >= 15 is 0 Å². The summed E-state index contributed by atoms with van der Waals surface area (Å²) in [6, 6.07) is 1.96. The molecule has 0 saturated heterocycles. The molecule has 2 aliphatic carbocycles. The van der Waals surface area contributed by atoms with Crippen LogP contribution in [0.5, 0.6) is 0 Å². The summed E-state index contributed by atoms with van der Waals surface area (Å²) in [6.45, 7) is 5.84. The highest BCUT2D eigenvalue weighted by atomic mass is 32.1. The third kappa shape index (κ3) is 4.65. The van der Waals surface area contributed by atoms with Gasteiger partial charge in [0, 0.05) is 30.6 Å². The Morgan fingerprint density at radius 2 is 1.97 bits per heavy atom. The van der Waals surface area contributed by atoms with Gasteiger partial charge in [-0.3, -0.25) is 4.98 Å². The number of nitrogens with one attached hydrogen (secondary N) is 2. The van der Waals surface area contributed by atoms with E-state index in [1.54, 1.807) is 11.3 Å². The highest BCUT2D eigenvalue weighted by Crippen LogP contribution is 2.45. The first kappa shape index (κ1) is 22.4. The summed E-state index contributed by atoms with van der Waals surface area (Å²) in [5.41, 5.74) is 3.71. The van der Waals surface area contributed by atoms with Crippen LogP contribution in [0.1, 0.15) is 69.7 Å². The number of aryl methyl sites for hydroxylation is 1. The fourth-order valence-electron chi connectivity index (χ4n) is 4.65. The Labute approximate surface area is 196 Å². The largest absolute Gasteiger partial charge is 0.367 e. The number of halogens is 2. The minimum Gasteiger partial charge on any atom is -0.367 e. The van der Waals surface area contributed by atoms with Gasteiger partial charge in [-0.2, -0.15) is 4.98 Å². The van der Waals surface area contributed by atoms with Crippen LogP contribution >= 0.6 is 11.3 Å². The maximum absolute atomic E-state index is 13.9. The van der Waals surface area contributed by atoms with Crippen LogP contribution in [-0.4, -0.2) is 38.4 Å². The Morgan fingerprint density at radius 1 is 1.15 bits per heavy atom. The first-order valence-corrected chi connectivity index (χ1v) is 12.7. The van der Waals surface area contributed by atoms with Gasteiger partial charge in [-0.25, -0.2) is 18.7 Å². The quantitative estimate of drug-likeness (QED) is 0.396. The van der Waals surface area contributed by atoms with Crippen LogP contribution in [0.3, 0.4) is 0 Å². The van der Waals surface area contributed by atoms with Gasteiger partial charge in [-0.1, -0.05) is 6.92 Å². The summed E-state index contributed by atoms with van der Waals surface area (Å²) in [4.78, 5) is 19.0. The van der Waals surface area contributed by atoms with Crippen LogP contribution in [0.4, 0.5) is 20.5 Å². The van der Waals surface area contributed by atoms with Crippen molar-refractivity contribution in [3.05, 3.63) is 23.7 Å². The molecule has 2 N–H and O–H groups in total. The maximum atomic E-state index is 13.9. The summed E-state index contributed by atoms with van der Waals surface area (Å²) in [5, 5.41) is 7.59. The van der Waals surface area contributed by atoms with Gasteiger partial charge in [0.05, 0.1) is 21.7 Å². The van der Waals surface area contributed by atoms with Gasteiger partial charge in [0.1, 0.15) is 16.3 Å². The van der Waals surface area contributed by atoms with Crippen molar-refractivity contribution in [1.29, 1.82) is 0 Å². The van der Waals surface area contributed by atoms with Crippen molar-refractivity contribution >= 4 is 33.3 Å². The lowest BCUT2D eigenvalue weighted by Crippen LogP contribution is -2.24. The molecule has 2 saturated carbocycles. The number of rotatable bonds is 8. The van der Waals surface area contributed by atoms with E-state index in [1.165, 1.54) is 0 Å². The van der Waals surface area contributed by atoms with Crippen molar-refractivity contribution in [2.75, 3.05) is 17.2 Å². The second-order valence-electron chi connectivity index (χ2n) is 9.43. The van der Waals surface area contributed by atoms with E-state index in [1.807, 2.05) is 19.2 Å². The third-order valence-corrected chi connectivity index (χ3v) is 7.66. The SMILES string of the molecule is CCCNc1nc(C)c(-c2nc3c(C4CC4)nccc3s2)c(N[C@H]2CC[C@@H](C(C)(F)F)C2)n1. The highest BCUT2D eigenvalue weighted by molar-refractivity contribution is 7.21. The normalized spacial score (nSPS) is 21.0. The number of thiazole rings is 1. The van der Waals surface area contributed by atoms with Gasteiger partial charge < -0.3 is 10.6 Å². The number of anilines is 2. The average Bonchev–Trinajstić information content (AvgIpc) is 3.33. The lowest BCUT2D eigenvalue weighted by atomic mass is 10.0. The van der Waals surface area contributed by atoms with Gasteiger partial charge >= 0.3 is 0 Å². The standard InChI is InChI=1S/C24H30F2N6S/c1-4-10-28-23-29-13(2)18(21(32-23)30-16-8-7-15(12-16)24(3,25)26)22-31-20-17(33-22)9-11-27-19(20)14-5-6-14/h9,11,14-16H,4-8,10,12H2,1-3H3,(H2,28,29,30,32)/t15-,16+/m1/s1. The molecule has 0 amide bonds. The van der Waals surface area contributed by atoms with E-state index in [4.69, 9.17) is 9.97 Å². The number of alkyl halides is 2. The van der Waals surface area contributed by atoms with Crippen molar-refractivity contribution in [3.8, 4) is 10.6 Å². The molecule has 0 unspecified atom stereocenters. The van der Waals surface area contributed by atoms with Crippen molar-refractivity contribution in [2.24, 2.45) is 5.92 Å². The lowest BCUT2D eigenvalue weighted by molar-refractivity contribution is -0.0369. The Kier molecular flexibility index (Phi) is 5.93. The van der Waals surface area contributed by atoms with E-state index in [0.717, 1.165) is 64.9 Å². The fraction of sp³-hybridized carbons (Fsp3) is 0.583. The van der Waals surface area contributed by atoms with E-state index in [-0.39, 0.29) is 6.04 Å². The highest BCUT2D eigenvalue weighted by Gasteiger charge is 2.40. The summed E-state index contributed by atoms with van der Waals surface area (Å²) in [5.74, 6) is -1.53. The molecule has 3 aromatic heterocycles. The monoisotopic (exact) mass is 472 g/mol. The predicted molar refractivity (Wildman–Crippen MR) is 129 cm³/mol. The Hall–Kier alpha value is -2.42. The van der Waals surface area contributed by atoms with Crippen LogP contribution in [0.25, 0.3) is 20.8 Å². The van der Waals surface area contributed by atoms with Crippen molar-refractivity contribution in [2.45, 2.75) is 77.2 Å². The number of fused-ring (bicyclic) bond motifs is 1. The number of hydrogen-bond donors (Lipinski definition) is 2. The first-order chi connectivity index (χ1) is 15.8. The second-order valence-corrected chi connectivity index (χ2v) is 10.5. The summed E-state index contributed by atoms with van der Waals surface area (Å²) in [7, 11) is 0. The zero-order chi connectivity index (χ0) is 23.2. The molecule has 3 heterocycles. The molecule has 176 valence electrons. The first-order valence-electron chi connectivity index (χ1n) is 11.9. The molecular weight excluding hydrogens is 442 g/mol. The second kappa shape index (κ2) is 8.74. The molecule has 2 fully saturated rings. The summed E-state index contributed by atoms with van der Waals surface area (Å²) in [6.07, 6.45) is 6.79. The Balaban J connectivity index is 1.52. The van der Waals surface area contributed by atoms with Gasteiger partial charge in [0.15, 0.2) is 0 Å². The molecular formula is C24H30F2N6S. The van der Waals surface area contributed by atoms with Gasteiger partial charge in [0.25, 0.3) is 0 Å². The lowest BCUT2D eigenvalue weighted by Gasteiger charge is -2.20. The number of nitrogens with zero attached hydrogens (tertiary/aromatic N) is 4. The molecule has 0 spiro atoms. The predicted octanol–water partition coefficient (Wildman–Crippen LogP) is 6.39. The van der Waals surface area contributed by atoms with Crippen LogP contribution in [0, 0.1) is 12.8 Å². The van der Waals surface area contributed by atoms with Crippen LogP contribution in [-0.2, 0) is 0 Å². The molecule has 0 aromatic carbocycles. The van der Waals surface area contributed by atoms with Crippen molar-refractivity contribution < 1.29 is 8.78 Å². The fourth-order valence-corrected chi connectivity index (χ4v) is 5.72. The third-order valence-electron chi connectivity index (χ3n) is 6.63. The maximum Gasteiger partial charge on any atom is 0.248 e. The van der Waals surface area contributed by atoms with Crippen molar-refractivity contribution in [1.82, 2.24) is 19.9 Å². The molecule has 2 atom stereocenters. The molecule has 3 aromatic rings. The zero-order valence-electron chi connectivity index (χ0n) is 19.3. The Morgan fingerprint density at radius 3 is 2.67 bits per heavy atom. The molecule has 0 aliphatic heterocycles. The van der Waals surface area contributed by atoms with Crippen LogP contribution < -0.4 is 10.6 Å². The average molecular weight is 473 g/mol. The molecule has 0 bridgehead atoms. The summed E-state index contributed by atoms with van der Waals surface area (Å²) < 4.78 is 28.9. The zero-order valence-corrected chi connectivity index (χ0v) is 20.1. The molecule has 9 heteroatoms. The van der Waals surface area contributed by atoms with E-state index in [0.29, 0.717) is 36.9 Å². The van der Waals surface area contributed by atoms with E-state index < -0.39 is 11.8 Å². The van der Waals surface area contributed by atoms with Gasteiger partial charge in [-0.05, 0) is 58.4 Å². The Bertz CT molecular complexity index is 1150. The molecule has 2 aliphatic rings. The smallest absolute Gasteiger partial charge is 0.248 e. The molecule has 5 rings (SSSR count). The van der Waals surface area contributed by atoms with E-state index in [9.17, 15) is 8.78 Å². The topological polar surface area (TPSA) is 75.6 Å². The van der Waals surface area contributed by atoms with E-state index in [2.05, 4.69) is 27.5 Å². The van der Waals surface area contributed by atoms with Crippen LogP contribution in [0.15, 0.2) is 12.3 Å². The molecule has 6 nitrogen and oxygen atoms in total. The van der Waals surface area contributed by atoms with Crippen LogP contribution in [0.2, 0.25) is 0 Å². The van der Waals surface area contributed by atoms with Gasteiger partial charge in [0.2, 0.25) is 11.9 Å². The molecule has 0 radical (unpaired) electrons.